The fourth-order valence-corrected chi connectivity index (χ4v) is 5.78. The van der Waals surface area contributed by atoms with Gasteiger partial charge in [-0.15, -0.1) is 9.46 Å². The van der Waals surface area contributed by atoms with Gasteiger partial charge in [0, 0.05) is 39.3 Å². The van der Waals surface area contributed by atoms with E-state index < -0.39 is 40.8 Å². The van der Waals surface area contributed by atoms with Gasteiger partial charge in [-0.3, -0.25) is 33.6 Å². The first-order chi connectivity index (χ1) is 28.6. The van der Waals surface area contributed by atoms with Crippen LogP contribution in [0.3, 0.4) is 0 Å². The highest BCUT2D eigenvalue weighted by Crippen LogP contribution is 2.04. The highest BCUT2D eigenvalue weighted by atomic mass is 16.7. The maximum absolute atomic E-state index is 13.5. The number of hydrogen-bond acceptors (Lipinski definition) is 12. The first kappa shape index (κ1) is 48.1. The second-order valence-corrected chi connectivity index (χ2v) is 13.9. The average molecular weight is 830 g/mol. The minimum Gasteiger partial charge on any atom is -0.410 e. The number of nitrogens with zero attached hydrogens (tertiary/aromatic N) is 2. The second kappa shape index (κ2) is 27.4. The van der Waals surface area contributed by atoms with E-state index in [4.69, 9.17) is 14.4 Å². The third-order valence-electron chi connectivity index (χ3n) is 9.07. The molecular weight excluding hydrogens is 766 g/mol. The smallest absolute Gasteiger partial charge is 0.296 e. The van der Waals surface area contributed by atoms with Gasteiger partial charge >= 0.3 is 0 Å². The van der Waals surface area contributed by atoms with Crippen molar-refractivity contribution in [1.29, 1.82) is 0 Å². The number of fused-ring (bicyclic) bond motifs is 2. The van der Waals surface area contributed by atoms with E-state index in [2.05, 4.69) is 37.2 Å². The summed E-state index contributed by atoms with van der Waals surface area (Å²) in [6, 6.07) is 4.66. The third kappa shape index (κ3) is 16.1. The van der Waals surface area contributed by atoms with Crippen LogP contribution >= 0.6 is 0 Å². The molecule has 2 aromatic rings. The number of carbonyl (C=O) groups is 5. The van der Waals surface area contributed by atoms with Crippen LogP contribution in [-0.4, -0.2) is 124 Å². The summed E-state index contributed by atoms with van der Waals surface area (Å²) >= 11 is 0. The standard InChI is InChI=1S/C40H63N9O10/c1-4-7-26-58-48-32-15-13-29(39(48)55)34(50)43-20-10-18-41-17-9-12-31(36(52)47-24-28-57-25-6-3)42-19-11-21-44-35(51)30-14-16-33(38(54)46-23-22-45-37(32)53)49(40(30)56)59-27-8-5-2/h13-16,31,41-42H,4-12,17-28H2,1-3H3,(H,43,50)(H,44,51)(H,45,53)(H,46,54)(H,47,52). The Labute approximate surface area is 345 Å². The van der Waals surface area contributed by atoms with Gasteiger partial charge in [0.15, 0.2) is 0 Å². The quantitative estimate of drug-likeness (QED) is 0.122. The van der Waals surface area contributed by atoms with Crippen LogP contribution in [0.25, 0.3) is 0 Å². The lowest BCUT2D eigenvalue weighted by atomic mass is 10.1. The first-order valence-corrected chi connectivity index (χ1v) is 20.8. The van der Waals surface area contributed by atoms with Crippen molar-refractivity contribution in [3.05, 3.63) is 67.5 Å². The van der Waals surface area contributed by atoms with E-state index in [9.17, 15) is 33.6 Å². The molecule has 0 aromatic carbocycles. The molecule has 0 aliphatic carbocycles. The SMILES string of the molecule is CCCCOn1c2ccc(c1=O)C(=O)NCCCNCCCC(C(=O)NCCOCCC)NCCCNC(=O)c1ccc(n(OCCCC)c1=O)C(=O)NCCNC2=O. The maximum Gasteiger partial charge on any atom is 0.296 e. The fraction of sp³-hybridized carbons (Fsp3) is 0.625. The van der Waals surface area contributed by atoms with Crippen LogP contribution in [0.1, 0.15) is 120 Å². The minimum atomic E-state index is -0.816. The van der Waals surface area contributed by atoms with E-state index in [1.807, 2.05) is 20.8 Å². The van der Waals surface area contributed by atoms with Crippen molar-refractivity contribution < 1.29 is 38.4 Å². The number of ether oxygens (including phenoxy) is 1. The Kier molecular flexibility index (Phi) is 22.4. The normalized spacial score (nSPS) is 17.0. The van der Waals surface area contributed by atoms with Crippen LogP contribution in [0.4, 0.5) is 0 Å². The van der Waals surface area contributed by atoms with E-state index >= 15 is 0 Å². The van der Waals surface area contributed by atoms with Gasteiger partial charge in [-0.25, -0.2) is 0 Å². The van der Waals surface area contributed by atoms with Gasteiger partial charge in [0.1, 0.15) is 35.7 Å². The number of rotatable bonds is 14. The average Bonchev–Trinajstić information content (AvgIpc) is 3.22. The molecule has 1 atom stereocenters. The number of amides is 5. The lowest BCUT2D eigenvalue weighted by Crippen LogP contribution is -2.46. The summed E-state index contributed by atoms with van der Waals surface area (Å²) in [7, 11) is 0. The molecule has 4 bridgehead atoms. The van der Waals surface area contributed by atoms with Crippen molar-refractivity contribution in [3.8, 4) is 0 Å². The molecule has 2 aromatic heterocycles. The molecule has 59 heavy (non-hydrogen) atoms. The summed E-state index contributed by atoms with van der Waals surface area (Å²) in [5, 5.41) is 20.3. The van der Waals surface area contributed by atoms with E-state index in [1.54, 1.807) is 0 Å². The molecular formula is C40H63N9O10. The molecule has 0 saturated heterocycles. The number of aromatic nitrogens is 2. The molecule has 0 spiro atoms. The minimum absolute atomic E-state index is 0.0697. The Bertz CT molecular complexity index is 1780. The number of nitrogens with one attached hydrogen (secondary N) is 7. The molecule has 5 rings (SSSR count). The van der Waals surface area contributed by atoms with Gasteiger partial charge in [0.05, 0.1) is 12.6 Å². The molecule has 0 saturated carbocycles. The van der Waals surface area contributed by atoms with Crippen molar-refractivity contribution in [2.45, 2.75) is 84.6 Å². The molecule has 19 heteroatoms. The van der Waals surface area contributed by atoms with Crippen molar-refractivity contribution in [1.82, 2.24) is 46.7 Å². The van der Waals surface area contributed by atoms with E-state index in [0.29, 0.717) is 77.9 Å². The summed E-state index contributed by atoms with van der Waals surface area (Å²) in [5.74, 6) is -2.79. The number of pyridine rings is 2. The molecule has 3 aliphatic heterocycles. The second-order valence-electron chi connectivity index (χ2n) is 13.9. The van der Waals surface area contributed by atoms with E-state index in [0.717, 1.165) is 28.7 Å². The van der Waals surface area contributed by atoms with Crippen molar-refractivity contribution >= 4 is 29.5 Å². The highest BCUT2D eigenvalue weighted by Gasteiger charge is 2.23. The number of hydrogen-bond donors (Lipinski definition) is 7. The molecule has 7 N–H and O–H groups in total. The van der Waals surface area contributed by atoms with Gasteiger partial charge < -0.3 is 51.6 Å². The number of unbranched alkanes of at least 4 members (excludes halogenated alkanes) is 2. The molecule has 19 nitrogen and oxygen atoms in total. The van der Waals surface area contributed by atoms with Crippen LogP contribution in [0, 0.1) is 0 Å². The lowest BCUT2D eigenvalue weighted by molar-refractivity contribution is -0.123. The van der Waals surface area contributed by atoms with Crippen molar-refractivity contribution in [2.24, 2.45) is 0 Å². The third-order valence-corrected chi connectivity index (χ3v) is 9.07. The molecule has 1 unspecified atom stereocenters. The molecule has 3 aliphatic rings. The summed E-state index contributed by atoms with van der Waals surface area (Å²) in [4.78, 5) is 104. The molecule has 5 heterocycles. The largest absolute Gasteiger partial charge is 0.410 e. The van der Waals surface area contributed by atoms with Crippen LogP contribution in [0.2, 0.25) is 0 Å². The van der Waals surface area contributed by atoms with Gasteiger partial charge in [0.25, 0.3) is 34.7 Å². The summed E-state index contributed by atoms with van der Waals surface area (Å²) < 4.78 is 7.10. The van der Waals surface area contributed by atoms with E-state index in [1.165, 1.54) is 24.3 Å². The van der Waals surface area contributed by atoms with Gasteiger partial charge in [-0.1, -0.05) is 33.6 Å². The summed E-state index contributed by atoms with van der Waals surface area (Å²) in [6.07, 6.45) is 5.80. The van der Waals surface area contributed by atoms with Crippen LogP contribution < -0.4 is 58.0 Å². The lowest BCUT2D eigenvalue weighted by Gasteiger charge is -2.19. The summed E-state index contributed by atoms with van der Waals surface area (Å²) in [5.41, 5.74) is -2.31. The summed E-state index contributed by atoms with van der Waals surface area (Å²) in [6.45, 7) is 9.43. The van der Waals surface area contributed by atoms with Crippen molar-refractivity contribution in [2.75, 3.05) is 78.8 Å². The number of carbonyl (C=O) groups excluding carboxylic acids is 5. The van der Waals surface area contributed by atoms with Gasteiger partial charge in [-0.05, 0) is 88.8 Å². The molecule has 0 fully saturated rings. The molecule has 328 valence electrons. The van der Waals surface area contributed by atoms with Gasteiger partial charge in [0.2, 0.25) is 5.91 Å². The van der Waals surface area contributed by atoms with Crippen LogP contribution in [0.15, 0.2) is 33.9 Å². The monoisotopic (exact) mass is 829 g/mol. The Morgan fingerprint density at radius 3 is 1.64 bits per heavy atom. The van der Waals surface area contributed by atoms with Gasteiger partial charge in [-0.2, -0.15) is 0 Å². The van der Waals surface area contributed by atoms with Crippen molar-refractivity contribution in [3.63, 3.8) is 0 Å². The zero-order valence-corrected chi connectivity index (χ0v) is 34.7. The fourth-order valence-electron chi connectivity index (χ4n) is 5.78. The zero-order valence-electron chi connectivity index (χ0n) is 34.7. The first-order valence-electron chi connectivity index (χ1n) is 20.8. The predicted octanol–water partition coefficient (Wildman–Crippen LogP) is -0.249. The van der Waals surface area contributed by atoms with Crippen LogP contribution in [0.5, 0.6) is 0 Å². The maximum atomic E-state index is 13.5. The highest BCUT2D eigenvalue weighted by molar-refractivity contribution is 5.97. The Morgan fingerprint density at radius 2 is 1.12 bits per heavy atom. The van der Waals surface area contributed by atoms with Crippen LogP contribution in [-0.2, 0) is 9.53 Å². The topological polar surface area (TPSA) is 241 Å². The Morgan fingerprint density at radius 1 is 0.610 bits per heavy atom. The molecule has 0 radical (unpaired) electrons. The Balaban J connectivity index is 1.82. The predicted molar refractivity (Wildman–Crippen MR) is 221 cm³/mol. The Hall–Kier alpha value is -5.27. The zero-order chi connectivity index (χ0) is 42.8. The molecule has 5 amide bonds. The van der Waals surface area contributed by atoms with E-state index in [-0.39, 0.29) is 67.8 Å².